The van der Waals surface area contributed by atoms with Gasteiger partial charge in [-0.05, 0) is 0 Å². The smallest absolute Gasteiger partial charge is 0.321 e. The van der Waals surface area contributed by atoms with Gasteiger partial charge >= 0.3 is 5.97 Å². The Kier molecular flexibility index (Phi) is 3.97. The molecule has 0 unspecified atom stereocenters. The number of thioether (sulfide) groups is 1. The third kappa shape index (κ3) is 3.04. The van der Waals surface area contributed by atoms with Crippen molar-refractivity contribution < 1.29 is 9.90 Å². The van der Waals surface area contributed by atoms with Crippen molar-refractivity contribution in [2.75, 3.05) is 5.75 Å². The van der Waals surface area contributed by atoms with Crippen LogP contribution in [0.1, 0.15) is 5.69 Å². The van der Waals surface area contributed by atoms with Crippen molar-refractivity contribution >= 4 is 17.7 Å². The summed E-state index contributed by atoms with van der Waals surface area (Å²) in [5.74, 6) is 0.195. The Bertz CT molecular complexity index is 313. The molecule has 1 atom stereocenters. The predicted octanol–water partition coefficient (Wildman–Crippen LogP) is 0.0652. The van der Waals surface area contributed by atoms with Gasteiger partial charge in [-0.3, -0.25) is 4.79 Å². The fourth-order valence-corrected chi connectivity index (χ4v) is 1.89. The molecule has 0 aliphatic heterocycles. The number of aromatic nitrogens is 2. The number of nitrogens with two attached hydrogens (primary N) is 1. The zero-order chi connectivity index (χ0) is 10.6. The molecule has 1 rings (SSSR count). The number of carbonyl (C=O) groups is 1. The van der Waals surface area contributed by atoms with Crippen LogP contribution in [0, 0.1) is 0 Å². The molecule has 5 nitrogen and oxygen atoms in total. The number of rotatable bonds is 5. The Labute approximate surface area is 86.3 Å². The summed E-state index contributed by atoms with van der Waals surface area (Å²) in [6.07, 6.45) is 3.48. The number of nitrogens with zero attached hydrogens (tertiary/aromatic N) is 2. The van der Waals surface area contributed by atoms with Crippen molar-refractivity contribution in [1.82, 2.24) is 9.55 Å². The Morgan fingerprint density at radius 1 is 1.86 bits per heavy atom. The third-order valence-corrected chi connectivity index (χ3v) is 2.88. The highest BCUT2D eigenvalue weighted by molar-refractivity contribution is 7.98. The van der Waals surface area contributed by atoms with E-state index >= 15 is 0 Å². The van der Waals surface area contributed by atoms with Crippen molar-refractivity contribution in [1.29, 1.82) is 0 Å². The standard InChI is InChI=1S/C8H13N3O2S/c1-11-5-10-2-6(11)3-14-4-7(9)8(12)13/h2,5,7H,3-4,9H2,1H3,(H,12,13)/t7-/m0/s1. The maximum Gasteiger partial charge on any atom is 0.321 e. The van der Waals surface area contributed by atoms with Crippen molar-refractivity contribution in [2.45, 2.75) is 11.8 Å². The minimum atomic E-state index is -0.956. The molecule has 6 heteroatoms. The monoisotopic (exact) mass is 215 g/mol. The van der Waals surface area contributed by atoms with E-state index in [9.17, 15) is 4.79 Å². The molecule has 0 aliphatic rings. The van der Waals surface area contributed by atoms with Gasteiger partial charge in [0.1, 0.15) is 6.04 Å². The largest absolute Gasteiger partial charge is 0.480 e. The molecule has 0 aliphatic carbocycles. The average Bonchev–Trinajstić information content (AvgIpc) is 2.51. The maximum absolute atomic E-state index is 10.4. The van der Waals surface area contributed by atoms with E-state index in [4.69, 9.17) is 10.8 Å². The first-order valence-electron chi connectivity index (χ1n) is 4.12. The molecule has 0 fully saturated rings. The lowest BCUT2D eigenvalue weighted by atomic mass is 10.4. The van der Waals surface area contributed by atoms with Crippen LogP contribution >= 0.6 is 11.8 Å². The molecular formula is C8H13N3O2S. The van der Waals surface area contributed by atoms with Crippen LogP contribution in [0.15, 0.2) is 12.5 Å². The van der Waals surface area contributed by atoms with Gasteiger partial charge in [0.2, 0.25) is 0 Å². The van der Waals surface area contributed by atoms with E-state index in [-0.39, 0.29) is 0 Å². The zero-order valence-corrected chi connectivity index (χ0v) is 8.70. The van der Waals surface area contributed by atoms with Gasteiger partial charge in [0.15, 0.2) is 0 Å². The summed E-state index contributed by atoms with van der Waals surface area (Å²) in [5.41, 5.74) is 6.41. The van der Waals surface area contributed by atoms with Gasteiger partial charge < -0.3 is 15.4 Å². The Hall–Kier alpha value is -1.01. The van der Waals surface area contributed by atoms with E-state index in [0.29, 0.717) is 5.75 Å². The molecule has 0 saturated carbocycles. The number of aryl methyl sites for hydroxylation is 1. The topological polar surface area (TPSA) is 81.1 Å². The van der Waals surface area contributed by atoms with Crippen LogP contribution in [0.4, 0.5) is 0 Å². The molecule has 0 radical (unpaired) electrons. The minimum Gasteiger partial charge on any atom is -0.480 e. The first-order valence-corrected chi connectivity index (χ1v) is 5.28. The number of imidazole rings is 1. The summed E-state index contributed by atoms with van der Waals surface area (Å²) in [6, 6.07) is -0.784. The number of carboxylic acid groups (broad SMARTS) is 1. The van der Waals surface area contributed by atoms with Crippen LogP contribution in [-0.4, -0.2) is 32.4 Å². The first kappa shape index (κ1) is 11.1. The van der Waals surface area contributed by atoms with Gasteiger partial charge in [0.25, 0.3) is 0 Å². The molecule has 1 heterocycles. The van der Waals surface area contributed by atoms with Gasteiger partial charge in [-0.1, -0.05) is 0 Å². The highest BCUT2D eigenvalue weighted by atomic mass is 32.2. The molecule has 1 aromatic heterocycles. The second-order valence-corrected chi connectivity index (χ2v) is 3.99. The SMILES string of the molecule is Cn1cncc1CSC[C@H](N)C(=O)O. The van der Waals surface area contributed by atoms with E-state index in [2.05, 4.69) is 4.98 Å². The molecule has 14 heavy (non-hydrogen) atoms. The molecule has 1 aromatic rings. The van der Waals surface area contributed by atoms with Crippen molar-refractivity contribution in [3.63, 3.8) is 0 Å². The van der Waals surface area contributed by atoms with Crippen LogP contribution in [0.5, 0.6) is 0 Å². The molecule has 0 bridgehead atoms. The van der Waals surface area contributed by atoms with Gasteiger partial charge in [-0.15, -0.1) is 0 Å². The number of hydrogen-bond acceptors (Lipinski definition) is 4. The normalized spacial score (nSPS) is 12.7. The first-order chi connectivity index (χ1) is 6.61. The second-order valence-electron chi connectivity index (χ2n) is 2.96. The predicted molar refractivity (Wildman–Crippen MR) is 55.0 cm³/mol. The third-order valence-electron chi connectivity index (χ3n) is 1.78. The summed E-state index contributed by atoms with van der Waals surface area (Å²) >= 11 is 1.49. The van der Waals surface area contributed by atoms with E-state index in [1.54, 1.807) is 12.5 Å². The van der Waals surface area contributed by atoms with Crippen molar-refractivity contribution in [3.05, 3.63) is 18.2 Å². The Morgan fingerprint density at radius 3 is 3.07 bits per heavy atom. The van der Waals surface area contributed by atoms with Crippen molar-refractivity contribution in [3.8, 4) is 0 Å². The zero-order valence-electron chi connectivity index (χ0n) is 7.88. The highest BCUT2D eigenvalue weighted by Gasteiger charge is 2.11. The molecule has 3 N–H and O–H groups in total. The second kappa shape index (κ2) is 5.02. The van der Waals surface area contributed by atoms with E-state index in [1.165, 1.54) is 11.8 Å². The lowest BCUT2D eigenvalue weighted by molar-refractivity contribution is -0.137. The van der Waals surface area contributed by atoms with E-state index in [1.807, 2.05) is 11.6 Å². The van der Waals surface area contributed by atoms with Crippen LogP contribution < -0.4 is 5.73 Å². The van der Waals surface area contributed by atoms with Gasteiger partial charge in [0.05, 0.1) is 6.33 Å². The van der Waals surface area contributed by atoms with Gasteiger partial charge in [-0.2, -0.15) is 11.8 Å². The van der Waals surface area contributed by atoms with Crippen LogP contribution in [0.25, 0.3) is 0 Å². The number of aliphatic carboxylic acids is 1. The fraction of sp³-hybridized carbons (Fsp3) is 0.500. The summed E-state index contributed by atoms with van der Waals surface area (Å²) < 4.78 is 1.90. The summed E-state index contributed by atoms with van der Waals surface area (Å²) in [6.45, 7) is 0. The highest BCUT2D eigenvalue weighted by Crippen LogP contribution is 2.11. The molecule has 78 valence electrons. The average molecular weight is 215 g/mol. The van der Waals surface area contributed by atoms with E-state index < -0.39 is 12.0 Å². The van der Waals surface area contributed by atoms with Crippen LogP contribution in [-0.2, 0) is 17.6 Å². The lowest BCUT2D eigenvalue weighted by Crippen LogP contribution is -2.32. The van der Waals surface area contributed by atoms with E-state index in [0.717, 1.165) is 11.4 Å². The molecule has 0 amide bonds. The summed E-state index contributed by atoms with van der Waals surface area (Å²) in [5, 5.41) is 8.54. The van der Waals surface area contributed by atoms with Crippen LogP contribution in [0.3, 0.4) is 0 Å². The minimum absolute atomic E-state index is 0.417. The van der Waals surface area contributed by atoms with Crippen LogP contribution in [0.2, 0.25) is 0 Å². The number of hydrogen-bond donors (Lipinski definition) is 2. The molecule has 0 saturated heterocycles. The summed E-state index contributed by atoms with van der Waals surface area (Å²) in [7, 11) is 1.90. The molecule has 0 aromatic carbocycles. The lowest BCUT2D eigenvalue weighted by Gasteiger charge is -2.05. The van der Waals surface area contributed by atoms with Crippen molar-refractivity contribution in [2.24, 2.45) is 12.8 Å². The fourth-order valence-electron chi connectivity index (χ4n) is 0.885. The van der Waals surface area contributed by atoms with Gasteiger partial charge in [-0.25, -0.2) is 4.98 Å². The number of carboxylic acids is 1. The Morgan fingerprint density at radius 2 is 2.57 bits per heavy atom. The molecular weight excluding hydrogens is 202 g/mol. The summed E-state index contributed by atoms with van der Waals surface area (Å²) in [4.78, 5) is 14.4. The molecule has 0 spiro atoms. The van der Waals surface area contributed by atoms with Gasteiger partial charge in [0, 0.05) is 30.4 Å². The Balaban J connectivity index is 2.29. The quantitative estimate of drug-likeness (QED) is 0.726. The maximum atomic E-state index is 10.4.